The van der Waals surface area contributed by atoms with Crippen LogP contribution in [-0.2, 0) is 29.1 Å². The van der Waals surface area contributed by atoms with Crippen LogP contribution < -0.4 is 10.0 Å². The van der Waals surface area contributed by atoms with Gasteiger partial charge >= 0.3 is 6.03 Å². The summed E-state index contributed by atoms with van der Waals surface area (Å²) in [5, 5.41) is 19.8. The van der Waals surface area contributed by atoms with E-state index in [1.54, 1.807) is 45.1 Å². The van der Waals surface area contributed by atoms with Gasteiger partial charge in [0.05, 0.1) is 19.1 Å². The lowest BCUT2D eigenvalue weighted by molar-refractivity contribution is -0.577. The number of rotatable bonds is 6. The molecule has 1 radical (unpaired) electrons. The van der Waals surface area contributed by atoms with Crippen molar-refractivity contribution in [3.8, 4) is 0 Å². The average Bonchev–Trinajstić information content (AvgIpc) is 3.01. The fourth-order valence-electron chi connectivity index (χ4n) is 6.23. The summed E-state index contributed by atoms with van der Waals surface area (Å²) in [7, 11) is 1.71. The summed E-state index contributed by atoms with van der Waals surface area (Å²) in [6.07, 6.45) is 0.950. The van der Waals surface area contributed by atoms with Crippen LogP contribution in [-0.4, -0.2) is 69.5 Å². The molecule has 1 N–H and O–H groups in total. The molecule has 43 heavy (non-hydrogen) atoms. The number of benzene rings is 3. The number of urea groups is 1. The van der Waals surface area contributed by atoms with Crippen LogP contribution in [0.4, 0.5) is 4.79 Å². The molecule has 2 saturated heterocycles. The van der Waals surface area contributed by atoms with Crippen LogP contribution in [0.15, 0.2) is 91.1 Å². The molecule has 1 aromatic heterocycles. The molecule has 0 bridgehead atoms. The first kappa shape index (κ1) is 28.2. The van der Waals surface area contributed by atoms with Crippen molar-refractivity contribution in [3.05, 3.63) is 119 Å². The third-order valence-corrected chi connectivity index (χ3v) is 8.30. The largest absolute Gasteiger partial charge is 0.618 e. The molecule has 3 heterocycles. The number of hydrazine groups is 1. The number of hydrogen-bond acceptors (Lipinski definition) is 5. The van der Waals surface area contributed by atoms with E-state index in [2.05, 4.69) is 11.4 Å². The first-order valence-corrected chi connectivity index (χ1v) is 14.3. The lowest BCUT2D eigenvalue weighted by atomic mass is 9.94. The molecule has 4 amide bonds. The minimum absolute atomic E-state index is 0.0478. The topological polar surface area (TPSA) is 103 Å². The molecule has 2 fully saturated rings. The standard InChI is InChI=1S/C33H33N6O4/c1-23-31-38(29(40)22-35(2)39(31)33(42)34-20-25-13-7-4-8-14-25)28(19-24-11-5-3-6-12-24)32(41)36(23)21-27-16-9-15-26-17-10-18-37(43)30(26)27/h4-18,23,28,31H,19-22H2,1-2H3,(H,34,42)/t23-,28-,31?/m0/s1. The second kappa shape index (κ2) is 11.7. The first-order valence-electron chi connectivity index (χ1n) is 14.3. The van der Waals surface area contributed by atoms with Gasteiger partial charge in [0.2, 0.25) is 17.3 Å². The molecule has 3 atom stereocenters. The molecule has 3 aromatic carbocycles. The summed E-state index contributed by atoms with van der Waals surface area (Å²) in [4.78, 5) is 45.1. The molecule has 6 rings (SSSR count). The number of para-hydroxylation sites is 1. The first-order chi connectivity index (χ1) is 20.8. The van der Waals surface area contributed by atoms with E-state index in [-0.39, 0.29) is 37.4 Å². The predicted molar refractivity (Wildman–Crippen MR) is 159 cm³/mol. The van der Waals surface area contributed by atoms with E-state index < -0.39 is 18.2 Å². The van der Waals surface area contributed by atoms with Crippen molar-refractivity contribution >= 4 is 28.7 Å². The minimum Gasteiger partial charge on any atom is -0.618 e. The lowest BCUT2D eigenvalue weighted by Crippen LogP contribution is -2.78. The third kappa shape index (κ3) is 5.37. The number of amides is 4. The van der Waals surface area contributed by atoms with Crippen molar-refractivity contribution in [1.29, 1.82) is 0 Å². The van der Waals surface area contributed by atoms with Gasteiger partial charge < -0.3 is 20.3 Å². The monoisotopic (exact) mass is 577 g/mol. The molecular formula is C33H33N6O4. The molecule has 0 spiro atoms. The highest BCUT2D eigenvalue weighted by Crippen LogP contribution is 2.33. The molecule has 1 unspecified atom stereocenters. The van der Waals surface area contributed by atoms with Crippen molar-refractivity contribution in [3.63, 3.8) is 0 Å². The molecular weight excluding hydrogens is 544 g/mol. The number of hydrogen-bond donors (Lipinski definition) is 1. The van der Waals surface area contributed by atoms with E-state index in [1.807, 2.05) is 73.7 Å². The highest BCUT2D eigenvalue weighted by atomic mass is 16.5. The fourth-order valence-corrected chi connectivity index (χ4v) is 6.23. The minimum atomic E-state index is -0.844. The Morgan fingerprint density at radius 1 is 1.00 bits per heavy atom. The molecule has 10 heteroatoms. The maximum atomic E-state index is 14.3. The van der Waals surface area contributed by atoms with Crippen LogP contribution in [0, 0.1) is 11.3 Å². The molecule has 4 aromatic rings. The van der Waals surface area contributed by atoms with E-state index >= 15 is 0 Å². The molecule has 2 aliphatic heterocycles. The van der Waals surface area contributed by atoms with Gasteiger partial charge in [0.1, 0.15) is 12.2 Å². The van der Waals surface area contributed by atoms with Gasteiger partial charge in [-0.1, -0.05) is 66.7 Å². The number of nitrogens with one attached hydrogen (secondary N) is 1. The lowest BCUT2D eigenvalue weighted by Gasteiger charge is -2.57. The zero-order chi connectivity index (χ0) is 30.1. The molecule has 0 aliphatic carbocycles. The number of piperazine rings is 1. The van der Waals surface area contributed by atoms with Crippen molar-refractivity contribution in [1.82, 2.24) is 25.1 Å². The Kier molecular flexibility index (Phi) is 7.69. The van der Waals surface area contributed by atoms with Crippen LogP contribution in [0.2, 0.25) is 0 Å². The van der Waals surface area contributed by atoms with Crippen molar-refractivity contribution in [2.75, 3.05) is 13.6 Å². The Labute approximate surface area is 250 Å². The average molecular weight is 578 g/mol. The highest BCUT2D eigenvalue weighted by molar-refractivity contribution is 5.92. The summed E-state index contributed by atoms with van der Waals surface area (Å²) >= 11 is 0. The number of nitrogens with zero attached hydrogens (tertiary/aromatic N) is 5. The SMILES string of the molecule is C[C@H]1C2N(C(=O)CN(C)N2C(=O)NCc2ccccc2)[C@@H](Cc2cc[c]cc2)C(=O)N1Cc1cccc2ccc[n+]([O-])c12. The molecule has 0 saturated carbocycles. The van der Waals surface area contributed by atoms with Gasteiger partial charge in [0.25, 0.3) is 0 Å². The number of carbonyl (C=O) groups excluding carboxylic acids is 3. The second-order valence-corrected chi connectivity index (χ2v) is 11.0. The van der Waals surface area contributed by atoms with E-state index in [0.717, 1.165) is 21.2 Å². The normalized spacial score (nSPS) is 20.8. The van der Waals surface area contributed by atoms with Gasteiger partial charge in [-0.3, -0.25) is 9.59 Å². The van der Waals surface area contributed by atoms with Crippen LogP contribution in [0.5, 0.6) is 0 Å². The summed E-state index contributed by atoms with van der Waals surface area (Å²) in [5.41, 5.74) is 2.99. The molecule has 219 valence electrons. The van der Waals surface area contributed by atoms with Crippen LogP contribution in [0.25, 0.3) is 10.9 Å². The van der Waals surface area contributed by atoms with Gasteiger partial charge in [-0.15, -0.1) is 0 Å². The van der Waals surface area contributed by atoms with E-state index in [9.17, 15) is 19.6 Å². The van der Waals surface area contributed by atoms with Crippen LogP contribution in [0.3, 0.4) is 0 Å². The van der Waals surface area contributed by atoms with Crippen LogP contribution >= 0.6 is 0 Å². The fraction of sp³-hybridized carbons (Fsp3) is 0.273. The van der Waals surface area contributed by atoms with E-state index in [4.69, 9.17) is 0 Å². The highest BCUT2D eigenvalue weighted by Gasteiger charge is 2.54. The van der Waals surface area contributed by atoms with Crippen molar-refractivity contribution in [2.45, 2.75) is 44.7 Å². The Morgan fingerprint density at radius 3 is 2.51 bits per heavy atom. The van der Waals surface area contributed by atoms with E-state index in [0.29, 0.717) is 17.6 Å². The Bertz CT molecular complexity index is 1640. The zero-order valence-electron chi connectivity index (χ0n) is 24.1. The second-order valence-electron chi connectivity index (χ2n) is 11.0. The summed E-state index contributed by atoms with van der Waals surface area (Å²) < 4.78 is 0.815. The quantitative estimate of drug-likeness (QED) is 0.281. The summed E-state index contributed by atoms with van der Waals surface area (Å²) in [6.45, 7) is 2.26. The van der Waals surface area contributed by atoms with Gasteiger partial charge in [0.15, 0.2) is 6.20 Å². The number of fused-ring (bicyclic) bond motifs is 2. The van der Waals surface area contributed by atoms with Gasteiger partial charge in [0, 0.05) is 37.0 Å². The van der Waals surface area contributed by atoms with Gasteiger partial charge in [-0.2, -0.15) is 4.73 Å². The predicted octanol–water partition coefficient (Wildman–Crippen LogP) is 2.84. The van der Waals surface area contributed by atoms with Crippen molar-refractivity contribution in [2.24, 2.45) is 0 Å². The van der Waals surface area contributed by atoms with E-state index in [1.165, 1.54) is 6.20 Å². The van der Waals surface area contributed by atoms with Crippen molar-refractivity contribution < 1.29 is 19.1 Å². The Morgan fingerprint density at radius 2 is 1.74 bits per heavy atom. The van der Waals surface area contributed by atoms with Gasteiger partial charge in [-0.25, -0.2) is 14.8 Å². The summed E-state index contributed by atoms with van der Waals surface area (Å²) in [5.74, 6) is -0.459. The molecule has 10 nitrogen and oxygen atoms in total. The zero-order valence-corrected chi connectivity index (χ0v) is 24.1. The number of aromatic nitrogens is 1. The maximum absolute atomic E-state index is 14.3. The van der Waals surface area contributed by atoms with Gasteiger partial charge in [-0.05, 0) is 36.2 Å². The molecule has 2 aliphatic rings. The van der Waals surface area contributed by atoms with Crippen LogP contribution in [0.1, 0.15) is 23.6 Å². The number of pyridine rings is 1. The third-order valence-electron chi connectivity index (χ3n) is 8.30. The smallest absolute Gasteiger partial charge is 0.334 e. The Balaban J connectivity index is 1.39. The Hall–Kier alpha value is -4.96. The maximum Gasteiger partial charge on any atom is 0.334 e. The number of carbonyl (C=O) groups is 3. The number of likely N-dealkylation sites (N-methyl/N-ethyl adjacent to an activating group) is 1. The summed E-state index contributed by atoms with van der Waals surface area (Å²) in [6, 6.07) is 27.2.